The number of nitrogens with two attached hydrogens (primary N) is 1. The number of rotatable bonds is 5. The lowest BCUT2D eigenvalue weighted by atomic mass is 10.4. The molecule has 0 saturated heterocycles. The molecule has 6 nitrogen and oxygen atoms in total. The van der Waals surface area contributed by atoms with Crippen molar-refractivity contribution in [1.82, 2.24) is 10.3 Å². The summed E-state index contributed by atoms with van der Waals surface area (Å²) in [5.41, 5.74) is 6.33. The Morgan fingerprint density at radius 1 is 1.33 bits per heavy atom. The van der Waals surface area contributed by atoms with E-state index in [1.54, 1.807) is 24.4 Å². The van der Waals surface area contributed by atoms with Crippen LogP contribution in [0.15, 0.2) is 41.1 Å². The van der Waals surface area contributed by atoms with E-state index in [-0.39, 0.29) is 5.91 Å². The number of carbonyl (C=O) groups is 1. The Kier molecular flexibility index (Phi) is 3.80. The van der Waals surface area contributed by atoms with Crippen LogP contribution >= 0.6 is 0 Å². The van der Waals surface area contributed by atoms with Gasteiger partial charge in [-0.15, -0.1) is 0 Å². The summed E-state index contributed by atoms with van der Waals surface area (Å²) < 4.78 is 4.97. The average molecular weight is 246 g/mol. The molecule has 0 unspecified atom stereocenters. The molecule has 0 radical (unpaired) electrons. The van der Waals surface area contributed by atoms with Gasteiger partial charge in [0.25, 0.3) is 5.91 Å². The van der Waals surface area contributed by atoms with E-state index >= 15 is 0 Å². The number of hydrogen-bond acceptors (Lipinski definition) is 5. The number of aromatic nitrogens is 1. The Morgan fingerprint density at radius 3 is 2.89 bits per heavy atom. The summed E-state index contributed by atoms with van der Waals surface area (Å²) in [6.45, 7) is 1.09. The van der Waals surface area contributed by atoms with Crippen molar-refractivity contribution in [2.75, 3.05) is 24.1 Å². The number of amides is 1. The second-order valence-corrected chi connectivity index (χ2v) is 3.63. The summed E-state index contributed by atoms with van der Waals surface area (Å²) in [5, 5.41) is 5.84. The molecule has 0 spiro atoms. The van der Waals surface area contributed by atoms with Crippen molar-refractivity contribution in [3.63, 3.8) is 0 Å². The number of carbonyl (C=O) groups excluding carboxylic acids is 1. The molecule has 6 heteroatoms. The number of nitrogen functional groups attached to an aromatic ring is 1. The molecule has 1 amide bonds. The zero-order valence-corrected chi connectivity index (χ0v) is 9.72. The number of nitrogens with one attached hydrogen (secondary N) is 2. The van der Waals surface area contributed by atoms with E-state index in [1.165, 1.54) is 6.26 Å². The lowest BCUT2D eigenvalue weighted by Gasteiger charge is -2.06. The molecule has 0 aliphatic heterocycles. The molecule has 0 aliphatic rings. The third kappa shape index (κ3) is 3.24. The second-order valence-electron chi connectivity index (χ2n) is 3.63. The predicted octanol–water partition coefficient (Wildman–Crippen LogP) is 1.10. The molecule has 4 N–H and O–H groups in total. The lowest BCUT2D eigenvalue weighted by molar-refractivity contribution is 0.0927. The van der Waals surface area contributed by atoms with Gasteiger partial charge in [-0.05, 0) is 24.3 Å². The van der Waals surface area contributed by atoms with Crippen molar-refractivity contribution < 1.29 is 9.21 Å². The molecule has 0 saturated carbocycles. The van der Waals surface area contributed by atoms with Gasteiger partial charge in [0.1, 0.15) is 5.82 Å². The Balaban J connectivity index is 1.70. The smallest absolute Gasteiger partial charge is 0.287 e. The van der Waals surface area contributed by atoms with Gasteiger partial charge in [-0.25, -0.2) is 4.98 Å². The highest BCUT2D eigenvalue weighted by molar-refractivity contribution is 5.91. The number of hydrogen-bond donors (Lipinski definition) is 3. The topological polar surface area (TPSA) is 93.2 Å². The third-order valence-electron chi connectivity index (χ3n) is 2.27. The van der Waals surface area contributed by atoms with Gasteiger partial charge in [-0.3, -0.25) is 4.79 Å². The maximum Gasteiger partial charge on any atom is 0.287 e. The van der Waals surface area contributed by atoms with Crippen molar-refractivity contribution >= 4 is 17.4 Å². The van der Waals surface area contributed by atoms with Crippen LogP contribution in [0.2, 0.25) is 0 Å². The molecule has 2 aromatic heterocycles. The Bertz CT molecular complexity index is 493. The molecule has 0 aromatic carbocycles. The van der Waals surface area contributed by atoms with E-state index in [4.69, 9.17) is 10.2 Å². The summed E-state index contributed by atoms with van der Waals surface area (Å²) in [7, 11) is 0. The monoisotopic (exact) mass is 246 g/mol. The molecular weight excluding hydrogens is 232 g/mol. The summed E-state index contributed by atoms with van der Waals surface area (Å²) in [6, 6.07) is 6.83. The summed E-state index contributed by atoms with van der Waals surface area (Å²) in [6.07, 6.45) is 3.11. The predicted molar refractivity (Wildman–Crippen MR) is 68.2 cm³/mol. The lowest BCUT2D eigenvalue weighted by Crippen LogP contribution is -2.28. The Labute approximate surface area is 104 Å². The zero-order chi connectivity index (χ0) is 12.8. The fraction of sp³-hybridized carbons (Fsp3) is 0.167. The minimum atomic E-state index is -0.225. The fourth-order valence-corrected chi connectivity index (χ4v) is 1.39. The van der Waals surface area contributed by atoms with Gasteiger partial charge in [-0.1, -0.05) is 0 Å². The van der Waals surface area contributed by atoms with Crippen LogP contribution in [0.3, 0.4) is 0 Å². The van der Waals surface area contributed by atoms with Gasteiger partial charge >= 0.3 is 0 Å². The molecule has 0 atom stereocenters. The van der Waals surface area contributed by atoms with Crippen LogP contribution in [-0.2, 0) is 0 Å². The summed E-state index contributed by atoms with van der Waals surface area (Å²) in [4.78, 5) is 15.4. The molecule has 2 heterocycles. The van der Waals surface area contributed by atoms with Crippen molar-refractivity contribution in [2.24, 2.45) is 0 Å². The van der Waals surface area contributed by atoms with Crippen LogP contribution < -0.4 is 16.4 Å². The third-order valence-corrected chi connectivity index (χ3v) is 2.27. The highest BCUT2D eigenvalue weighted by Gasteiger charge is 2.06. The zero-order valence-electron chi connectivity index (χ0n) is 9.72. The SMILES string of the molecule is Nc1ccc(NCCNC(=O)c2ccco2)cn1. The van der Waals surface area contributed by atoms with Crippen molar-refractivity contribution in [3.05, 3.63) is 42.5 Å². The van der Waals surface area contributed by atoms with E-state index < -0.39 is 0 Å². The highest BCUT2D eigenvalue weighted by atomic mass is 16.3. The number of furan rings is 1. The quantitative estimate of drug-likeness (QED) is 0.687. The van der Waals surface area contributed by atoms with Crippen molar-refractivity contribution in [1.29, 1.82) is 0 Å². The number of anilines is 2. The number of pyridine rings is 1. The molecule has 0 aliphatic carbocycles. The summed E-state index contributed by atoms with van der Waals surface area (Å²) in [5.74, 6) is 0.563. The van der Waals surface area contributed by atoms with Crippen LogP contribution in [0.1, 0.15) is 10.6 Å². The van der Waals surface area contributed by atoms with Crippen LogP contribution in [0.5, 0.6) is 0 Å². The van der Waals surface area contributed by atoms with E-state index in [0.717, 1.165) is 5.69 Å². The normalized spacial score (nSPS) is 10.0. The fourth-order valence-electron chi connectivity index (χ4n) is 1.39. The Hall–Kier alpha value is -2.50. The van der Waals surface area contributed by atoms with Crippen molar-refractivity contribution in [3.8, 4) is 0 Å². The van der Waals surface area contributed by atoms with Gasteiger partial charge in [-0.2, -0.15) is 0 Å². The van der Waals surface area contributed by atoms with Gasteiger partial charge in [0.05, 0.1) is 18.1 Å². The van der Waals surface area contributed by atoms with Crippen molar-refractivity contribution in [2.45, 2.75) is 0 Å². The first-order chi connectivity index (χ1) is 8.75. The number of nitrogens with zero attached hydrogens (tertiary/aromatic N) is 1. The minimum absolute atomic E-state index is 0.225. The Morgan fingerprint density at radius 2 is 2.22 bits per heavy atom. The first-order valence-electron chi connectivity index (χ1n) is 5.53. The highest BCUT2D eigenvalue weighted by Crippen LogP contribution is 2.05. The van der Waals surface area contributed by atoms with Gasteiger partial charge in [0, 0.05) is 13.1 Å². The van der Waals surface area contributed by atoms with Crippen LogP contribution in [0.25, 0.3) is 0 Å². The van der Waals surface area contributed by atoms with Gasteiger partial charge < -0.3 is 20.8 Å². The molecule has 2 rings (SSSR count). The minimum Gasteiger partial charge on any atom is -0.459 e. The molecule has 0 fully saturated rings. The van der Waals surface area contributed by atoms with E-state index in [2.05, 4.69) is 15.6 Å². The van der Waals surface area contributed by atoms with E-state index in [9.17, 15) is 4.79 Å². The first kappa shape index (κ1) is 12.0. The van der Waals surface area contributed by atoms with Crippen LogP contribution in [-0.4, -0.2) is 24.0 Å². The average Bonchev–Trinajstić information content (AvgIpc) is 2.90. The van der Waals surface area contributed by atoms with Gasteiger partial charge in [0.2, 0.25) is 0 Å². The second kappa shape index (κ2) is 5.72. The summed E-state index contributed by atoms with van der Waals surface area (Å²) >= 11 is 0. The molecular formula is C12H14N4O2. The first-order valence-corrected chi connectivity index (χ1v) is 5.53. The molecule has 18 heavy (non-hydrogen) atoms. The molecule has 0 bridgehead atoms. The van der Waals surface area contributed by atoms with E-state index in [0.29, 0.717) is 24.7 Å². The maximum atomic E-state index is 11.5. The molecule has 94 valence electrons. The van der Waals surface area contributed by atoms with Crippen LogP contribution in [0.4, 0.5) is 11.5 Å². The standard InChI is InChI=1S/C12H14N4O2/c13-11-4-3-9(8-16-11)14-5-6-15-12(17)10-2-1-7-18-10/h1-4,7-8,14H,5-6H2,(H2,13,16)(H,15,17). The molecule has 2 aromatic rings. The maximum absolute atomic E-state index is 11.5. The largest absolute Gasteiger partial charge is 0.459 e. The van der Waals surface area contributed by atoms with Crippen LogP contribution in [0, 0.1) is 0 Å². The van der Waals surface area contributed by atoms with Gasteiger partial charge in [0.15, 0.2) is 5.76 Å². The van der Waals surface area contributed by atoms with E-state index in [1.807, 2.05) is 6.07 Å².